The first-order chi connectivity index (χ1) is 8.61. The smallest absolute Gasteiger partial charge is 0.312 e. The predicted molar refractivity (Wildman–Crippen MR) is 64.1 cm³/mol. The van der Waals surface area contributed by atoms with Crippen molar-refractivity contribution in [1.29, 1.82) is 0 Å². The third kappa shape index (κ3) is 2.39. The van der Waals surface area contributed by atoms with Crippen LogP contribution in [0, 0.1) is 0 Å². The van der Waals surface area contributed by atoms with Crippen LogP contribution in [-0.4, -0.2) is 51.2 Å². The quantitative estimate of drug-likeness (QED) is 0.711. The molecule has 1 aromatic rings. The Morgan fingerprint density at radius 2 is 1.83 bits per heavy atom. The predicted octanol–water partition coefficient (Wildman–Crippen LogP) is -0.750. The maximum atomic E-state index is 11.8. The number of piperazine rings is 1. The normalized spacial score (nSPS) is 16.3. The summed E-state index contributed by atoms with van der Waals surface area (Å²) in [5.74, 6) is -0.606. The molecule has 0 unspecified atom stereocenters. The van der Waals surface area contributed by atoms with Crippen LogP contribution >= 0.6 is 0 Å². The number of amides is 2. The molecule has 7 nitrogen and oxygen atoms in total. The molecule has 2 heterocycles. The number of rotatable bonds is 3. The fraction of sp³-hybridized carbons (Fsp3) is 0.455. The lowest BCUT2D eigenvalue weighted by Gasteiger charge is -2.32. The lowest BCUT2D eigenvalue weighted by atomic mass is 10.2. The molecule has 1 saturated heterocycles. The average molecular weight is 249 g/mol. The maximum absolute atomic E-state index is 11.8. The zero-order chi connectivity index (χ0) is 13.1. The zero-order valence-corrected chi connectivity index (χ0v) is 10.2. The van der Waals surface area contributed by atoms with Gasteiger partial charge in [0.2, 0.25) is 0 Å². The van der Waals surface area contributed by atoms with Gasteiger partial charge in [-0.15, -0.1) is 0 Å². The van der Waals surface area contributed by atoms with Gasteiger partial charge in [0.05, 0.1) is 24.6 Å². The fourth-order valence-electron chi connectivity index (χ4n) is 1.81. The molecule has 1 aliphatic heterocycles. The Hall–Kier alpha value is -2.18. The van der Waals surface area contributed by atoms with Gasteiger partial charge >= 0.3 is 11.8 Å². The van der Waals surface area contributed by atoms with E-state index in [2.05, 4.69) is 9.97 Å². The van der Waals surface area contributed by atoms with Crippen molar-refractivity contribution in [1.82, 2.24) is 19.8 Å². The zero-order valence-electron chi connectivity index (χ0n) is 10.2. The van der Waals surface area contributed by atoms with Crippen LogP contribution in [0.25, 0.3) is 0 Å². The summed E-state index contributed by atoms with van der Waals surface area (Å²) in [4.78, 5) is 34.5. The first-order valence-electron chi connectivity index (χ1n) is 5.76. The topological polar surface area (TPSA) is 92.4 Å². The van der Waals surface area contributed by atoms with Crippen LogP contribution < -0.4 is 5.73 Å². The third-order valence-corrected chi connectivity index (χ3v) is 2.86. The molecule has 1 aliphatic rings. The third-order valence-electron chi connectivity index (χ3n) is 2.86. The molecule has 0 radical (unpaired) electrons. The van der Waals surface area contributed by atoms with Gasteiger partial charge in [-0.05, 0) is 6.92 Å². The number of likely N-dealkylation sites (N-methyl/N-ethyl adjacent to an activating group) is 1. The Morgan fingerprint density at radius 1 is 1.17 bits per heavy atom. The minimum atomic E-state index is -0.485. The number of hydrogen-bond acceptors (Lipinski definition) is 5. The van der Waals surface area contributed by atoms with E-state index < -0.39 is 11.8 Å². The van der Waals surface area contributed by atoms with E-state index in [1.54, 1.807) is 0 Å². The van der Waals surface area contributed by atoms with Crippen molar-refractivity contribution in [3.63, 3.8) is 0 Å². The first-order valence-corrected chi connectivity index (χ1v) is 5.76. The van der Waals surface area contributed by atoms with E-state index in [1.165, 1.54) is 22.2 Å². The monoisotopic (exact) mass is 249 g/mol. The molecule has 2 N–H and O–H groups in total. The van der Waals surface area contributed by atoms with Crippen molar-refractivity contribution in [2.24, 2.45) is 0 Å². The van der Waals surface area contributed by atoms with Crippen molar-refractivity contribution in [2.75, 3.05) is 25.4 Å². The molecule has 96 valence electrons. The SMILES string of the molecule is CCN1CCN(Cc2cnc(N)cn2)C(=O)C1=O. The first kappa shape index (κ1) is 12.3. The number of anilines is 1. The highest BCUT2D eigenvalue weighted by Crippen LogP contribution is 2.08. The van der Waals surface area contributed by atoms with E-state index in [9.17, 15) is 9.59 Å². The molecule has 0 spiro atoms. The Balaban J connectivity index is 2.04. The minimum absolute atomic E-state index is 0.287. The van der Waals surface area contributed by atoms with Crippen LogP contribution in [0.2, 0.25) is 0 Å². The molecule has 0 aliphatic carbocycles. The number of carbonyl (C=O) groups excluding carboxylic acids is 2. The van der Waals surface area contributed by atoms with E-state index in [-0.39, 0.29) is 6.54 Å². The van der Waals surface area contributed by atoms with Crippen LogP contribution in [0.15, 0.2) is 12.4 Å². The number of nitrogens with zero attached hydrogens (tertiary/aromatic N) is 4. The molecule has 2 rings (SSSR count). The van der Waals surface area contributed by atoms with Crippen molar-refractivity contribution in [3.05, 3.63) is 18.1 Å². The second-order valence-electron chi connectivity index (χ2n) is 4.04. The van der Waals surface area contributed by atoms with E-state index >= 15 is 0 Å². The molecule has 0 saturated carbocycles. The summed E-state index contributed by atoms with van der Waals surface area (Å²) >= 11 is 0. The maximum Gasteiger partial charge on any atom is 0.312 e. The summed E-state index contributed by atoms with van der Waals surface area (Å²) < 4.78 is 0. The van der Waals surface area contributed by atoms with Gasteiger partial charge in [0.15, 0.2) is 0 Å². The summed E-state index contributed by atoms with van der Waals surface area (Å²) in [6.07, 6.45) is 2.95. The van der Waals surface area contributed by atoms with Gasteiger partial charge in [0, 0.05) is 19.6 Å². The van der Waals surface area contributed by atoms with Crippen LogP contribution in [0.5, 0.6) is 0 Å². The number of nitrogen functional groups attached to an aromatic ring is 1. The van der Waals surface area contributed by atoms with Gasteiger partial charge in [0.1, 0.15) is 5.82 Å². The molecule has 0 bridgehead atoms. The van der Waals surface area contributed by atoms with E-state index in [4.69, 9.17) is 5.73 Å². The van der Waals surface area contributed by atoms with Crippen molar-refractivity contribution < 1.29 is 9.59 Å². The Morgan fingerprint density at radius 3 is 2.44 bits per heavy atom. The van der Waals surface area contributed by atoms with Gasteiger partial charge in [-0.25, -0.2) is 4.98 Å². The van der Waals surface area contributed by atoms with Crippen LogP contribution in [0.4, 0.5) is 5.82 Å². The molecule has 1 fully saturated rings. The molecule has 7 heteroatoms. The summed E-state index contributed by atoms with van der Waals surface area (Å²) in [6.45, 7) is 3.77. The van der Waals surface area contributed by atoms with Gasteiger partial charge in [0.25, 0.3) is 0 Å². The van der Waals surface area contributed by atoms with Gasteiger partial charge in [-0.3, -0.25) is 14.6 Å². The van der Waals surface area contributed by atoms with Crippen LogP contribution in [-0.2, 0) is 16.1 Å². The van der Waals surface area contributed by atoms with E-state index in [0.29, 0.717) is 31.1 Å². The van der Waals surface area contributed by atoms with Crippen molar-refractivity contribution in [3.8, 4) is 0 Å². The lowest BCUT2D eigenvalue weighted by Crippen LogP contribution is -2.53. The summed E-state index contributed by atoms with van der Waals surface area (Å²) in [5.41, 5.74) is 6.05. The molecule has 18 heavy (non-hydrogen) atoms. The molecule has 1 aromatic heterocycles. The lowest BCUT2D eigenvalue weighted by molar-refractivity contribution is -0.156. The van der Waals surface area contributed by atoms with Crippen LogP contribution in [0.1, 0.15) is 12.6 Å². The Labute approximate surface area is 105 Å². The molecular formula is C11H15N5O2. The molecule has 0 aromatic carbocycles. The minimum Gasteiger partial charge on any atom is -0.382 e. The van der Waals surface area contributed by atoms with E-state index in [0.717, 1.165) is 0 Å². The highest BCUT2D eigenvalue weighted by atomic mass is 16.2. The average Bonchev–Trinajstić information content (AvgIpc) is 2.38. The molecule has 2 amide bonds. The molecular weight excluding hydrogens is 234 g/mol. The van der Waals surface area contributed by atoms with Gasteiger partial charge in [-0.2, -0.15) is 0 Å². The summed E-state index contributed by atoms with van der Waals surface area (Å²) in [5, 5.41) is 0. The number of hydrogen-bond donors (Lipinski definition) is 1. The van der Waals surface area contributed by atoms with E-state index in [1.807, 2.05) is 6.92 Å². The summed E-state index contributed by atoms with van der Waals surface area (Å²) in [7, 11) is 0. The van der Waals surface area contributed by atoms with Crippen LogP contribution in [0.3, 0.4) is 0 Å². The Kier molecular flexibility index (Phi) is 3.40. The van der Waals surface area contributed by atoms with Gasteiger partial charge < -0.3 is 15.5 Å². The number of nitrogens with two attached hydrogens (primary N) is 1. The summed E-state index contributed by atoms with van der Waals surface area (Å²) in [6, 6.07) is 0. The second-order valence-corrected chi connectivity index (χ2v) is 4.04. The fourth-order valence-corrected chi connectivity index (χ4v) is 1.81. The molecule has 0 atom stereocenters. The highest BCUT2D eigenvalue weighted by molar-refractivity contribution is 6.35. The van der Waals surface area contributed by atoms with Crippen molar-refractivity contribution in [2.45, 2.75) is 13.5 Å². The van der Waals surface area contributed by atoms with Crippen molar-refractivity contribution >= 4 is 17.6 Å². The largest absolute Gasteiger partial charge is 0.382 e. The second kappa shape index (κ2) is 4.99. The van der Waals surface area contributed by atoms with Gasteiger partial charge in [-0.1, -0.05) is 0 Å². The highest BCUT2D eigenvalue weighted by Gasteiger charge is 2.31. The number of carbonyl (C=O) groups is 2. The Bertz CT molecular complexity index is 459. The standard InChI is InChI=1S/C11H15N5O2/c1-2-15-3-4-16(11(18)10(15)17)7-8-5-14-9(12)6-13-8/h5-6H,2-4,7H2,1H3,(H2,12,14). The number of aromatic nitrogens is 2.